The van der Waals surface area contributed by atoms with Gasteiger partial charge in [-0.05, 0) is 64.2 Å². The molecule has 0 heterocycles. The van der Waals surface area contributed by atoms with Crippen molar-refractivity contribution in [2.24, 2.45) is 5.73 Å². The molecule has 0 aliphatic rings. The third-order valence-corrected chi connectivity index (χ3v) is 8.11. The summed E-state index contributed by atoms with van der Waals surface area (Å²) in [4.78, 5) is 22.5. The highest BCUT2D eigenvalue weighted by Crippen LogP contribution is 2.43. The summed E-state index contributed by atoms with van der Waals surface area (Å²) in [5.74, 6) is -0.224. The third-order valence-electron chi connectivity index (χ3n) is 7.13. The normalized spacial score (nSPS) is 15.1. The average molecular weight is 641 g/mol. The lowest BCUT2D eigenvalue weighted by atomic mass is 10.1. The van der Waals surface area contributed by atoms with E-state index < -0.39 is 20.0 Å². The summed E-state index contributed by atoms with van der Waals surface area (Å²) in [6.07, 6.45) is 35.9. The summed E-state index contributed by atoms with van der Waals surface area (Å²) >= 11 is 0. The Hall–Kier alpha value is -1.54. The van der Waals surface area contributed by atoms with E-state index in [9.17, 15) is 19.4 Å². The van der Waals surface area contributed by atoms with Crippen molar-refractivity contribution in [3.63, 3.8) is 0 Å². The number of allylic oxidation sites excluding steroid dienone is 7. The number of nitrogens with one attached hydrogen (secondary N) is 1. The summed E-state index contributed by atoms with van der Waals surface area (Å²) in [6.45, 7) is 4.00. The fraction of sp³-hybridized carbons (Fsp3) is 0.743. The van der Waals surface area contributed by atoms with E-state index in [1.807, 2.05) is 6.08 Å². The number of carbonyl (C=O) groups excluding carboxylic acids is 1. The number of hydrogen-bond donors (Lipinski definition) is 4. The van der Waals surface area contributed by atoms with E-state index >= 15 is 0 Å². The van der Waals surface area contributed by atoms with Crippen LogP contribution in [0.2, 0.25) is 0 Å². The Balaban J connectivity index is 4.43. The minimum atomic E-state index is -4.34. The van der Waals surface area contributed by atoms with Gasteiger partial charge in [0.1, 0.15) is 0 Å². The maximum atomic E-state index is 12.6. The number of nitrogens with two attached hydrogens (primary N) is 1. The maximum Gasteiger partial charge on any atom is 0.472 e. The van der Waals surface area contributed by atoms with E-state index in [0.29, 0.717) is 6.42 Å². The molecule has 0 saturated carbocycles. The summed E-state index contributed by atoms with van der Waals surface area (Å²) in [7, 11) is -4.34. The van der Waals surface area contributed by atoms with Crippen molar-refractivity contribution in [1.29, 1.82) is 0 Å². The molecule has 8 nitrogen and oxygen atoms in total. The molecule has 0 aromatic carbocycles. The van der Waals surface area contributed by atoms with Crippen LogP contribution < -0.4 is 11.1 Å². The zero-order chi connectivity index (χ0) is 32.6. The average Bonchev–Trinajstić information content (AvgIpc) is 3.01. The van der Waals surface area contributed by atoms with Gasteiger partial charge in [-0.25, -0.2) is 4.57 Å². The largest absolute Gasteiger partial charge is 0.472 e. The quantitative estimate of drug-likeness (QED) is 0.0339. The van der Waals surface area contributed by atoms with Gasteiger partial charge < -0.3 is 21.1 Å². The SMILES string of the molecule is CCCCC/C=C\C/C=C\CCCCCCCC(=O)NC(COP(=O)(O)OCCN)C(O)/C=C/CC/C=C/CCCCCC. The highest BCUT2D eigenvalue weighted by Gasteiger charge is 2.26. The Morgan fingerprint density at radius 2 is 1.27 bits per heavy atom. The number of carbonyl (C=O) groups is 1. The van der Waals surface area contributed by atoms with Crippen molar-refractivity contribution in [3.8, 4) is 0 Å². The Kier molecular flexibility index (Phi) is 30.3. The van der Waals surface area contributed by atoms with Gasteiger partial charge >= 0.3 is 7.82 Å². The summed E-state index contributed by atoms with van der Waals surface area (Å²) in [5, 5.41) is 13.5. The molecule has 256 valence electrons. The fourth-order valence-electron chi connectivity index (χ4n) is 4.47. The lowest BCUT2D eigenvalue weighted by Gasteiger charge is -2.23. The molecule has 0 spiro atoms. The minimum Gasteiger partial charge on any atom is -0.387 e. The van der Waals surface area contributed by atoms with E-state index in [1.165, 1.54) is 51.4 Å². The minimum absolute atomic E-state index is 0.0696. The second kappa shape index (κ2) is 31.4. The van der Waals surface area contributed by atoms with Gasteiger partial charge in [0.05, 0.1) is 25.4 Å². The van der Waals surface area contributed by atoms with Crippen LogP contribution >= 0.6 is 7.82 Å². The first-order valence-electron chi connectivity index (χ1n) is 17.3. The van der Waals surface area contributed by atoms with Gasteiger partial charge in [0, 0.05) is 13.0 Å². The molecule has 0 aromatic rings. The van der Waals surface area contributed by atoms with Gasteiger partial charge in [0.2, 0.25) is 5.91 Å². The van der Waals surface area contributed by atoms with Crippen molar-refractivity contribution in [2.45, 2.75) is 148 Å². The monoisotopic (exact) mass is 640 g/mol. The molecule has 0 bridgehead atoms. The molecule has 0 saturated heterocycles. The molecular weight excluding hydrogens is 575 g/mol. The number of amides is 1. The molecule has 3 atom stereocenters. The Morgan fingerprint density at radius 3 is 1.93 bits per heavy atom. The molecule has 0 radical (unpaired) electrons. The fourth-order valence-corrected chi connectivity index (χ4v) is 5.23. The van der Waals surface area contributed by atoms with Crippen LogP contribution in [0.4, 0.5) is 0 Å². The van der Waals surface area contributed by atoms with Gasteiger partial charge in [-0.3, -0.25) is 13.8 Å². The van der Waals surface area contributed by atoms with Crippen molar-refractivity contribution in [3.05, 3.63) is 48.6 Å². The smallest absolute Gasteiger partial charge is 0.387 e. The van der Waals surface area contributed by atoms with E-state index in [-0.39, 0.29) is 25.7 Å². The van der Waals surface area contributed by atoms with Crippen LogP contribution in [0, 0.1) is 0 Å². The van der Waals surface area contributed by atoms with E-state index in [2.05, 4.69) is 55.6 Å². The molecule has 3 unspecified atom stereocenters. The number of aliphatic hydroxyl groups excluding tert-OH is 1. The molecular formula is C35H65N2O6P. The molecule has 0 rings (SSSR count). The molecule has 44 heavy (non-hydrogen) atoms. The standard InChI is InChI=1S/C35H65N2O6P/c1-3-5-7-9-11-13-15-16-17-18-19-21-23-25-27-29-35(39)37-33(32-43-44(40,41)42-31-30-36)34(38)28-26-24-22-20-14-12-10-8-6-4-2/h11,13-14,16-17,20,26,28,33-34,38H,3-10,12,15,18-19,21-25,27,29-32,36H2,1-2H3,(H,37,39)(H,40,41)/b13-11-,17-16-,20-14+,28-26+. The topological polar surface area (TPSA) is 131 Å². The summed E-state index contributed by atoms with van der Waals surface area (Å²) in [6, 6.07) is -0.882. The van der Waals surface area contributed by atoms with Gasteiger partial charge in [-0.2, -0.15) is 0 Å². The first-order valence-corrected chi connectivity index (χ1v) is 18.8. The van der Waals surface area contributed by atoms with Gasteiger partial charge in [-0.15, -0.1) is 0 Å². The Labute approximate surface area is 269 Å². The highest BCUT2D eigenvalue weighted by molar-refractivity contribution is 7.47. The van der Waals surface area contributed by atoms with Crippen molar-refractivity contribution >= 4 is 13.7 Å². The van der Waals surface area contributed by atoms with Gasteiger partial charge in [0.25, 0.3) is 0 Å². The lowest BCUT2D eigenvalue weighted by molar-refractivity contribution is -0.123. The lowest BCUT2D eigenvalue weighted by Crippen LogP contribution is -2.45. The van der Waals surface area contributed by atoms with Gasteiger partial charge in [0.15, 0.2) is 0 Å². The molecule has 9 heteroatoms. The molecule has 1 amide bonds. The van der Waals surface area contributed by atoms with Crippen molar-refractivity contribution in [1.82, 2.24) is 5.32 Å². The van der Waals surface area contributed by atoms with Crippen molar-refractivity contribution in [2.75, 3.05) is 19.8 Å². The van der Waals surface area contributed by atoms with Crippen LogP contribution in [-0.2, 0) is 18.4 Å². The summed E-state index contributed by atoms with van der Waals surface area (Å²) < 4.78 is 21.9. The first kappa shape index (κ1) is 42.5. The number of phosphoric acid groups is 1. The van der Waals surface area contributed by atoms with E-state index in [1.54, 1.807) is 6.08 Å². The van der Waals surface area contributed by atoms with Crippen LogP contribution in [0.5, 0.6) is 0 Å². The maximum absolute atomic E-state index is 12.6. The zero-order valence-corrected chi connectivity index (χ0v) is 28.8. The summed E-state index contributed by atoms with van der Waals surface area (Å²) in [5.41, 5.74) is 5.33. The van der Waals surface area contributed by atoms with Crippen molar-refractivity contribution < 1.29 is 28.4 Å². The predicted octanol–water partition coefficient (Wildman–Crippen LogP) is 8.60. The number of unbranched alkanes of at least 4 members (excludes halogenated alkanes) is 13. The van der Waals surface area contributed by atoms with Gasteiger partial charge in [-0.1, -0.05) is 114 Å². The van der Waals surface area contributed by atoms with Crippen LogP contribution in [0.1, 0.15) is 136 Å². The van der Waals surface area contributed by atoms with Crippen LogP contribution in [-0.4, -0.2) is 47.8 Å². The number of hydrogen-bond acceptors (Lipinski definition) is 6. The third kappa shape index (κ3) is 29.2. The molecule has 5 N–H and O–H groups in total. The Bertz CT molecular complexity index is 830. The number of aliphatic hydroxyl groups is 1. The Morgan fingerprint density at radius 1 is 0.750 bits per heavy atom. The molecule has 0 aliphatic heterocycles. The highest BCUT2D eigenvalue weighted by atomic mass is 31.2. The second-order valence-electron chi connectivity index (χ2n) is 11.4. The number of rotatable bonds is 31. The van der Waals surface area contributed by atoms with E-state index in [0.717, 1.165) is 64.2 Å². The zero-order valence-electron chi connectivity index (χ0n) is 27.9. The van der Waals surface area contributed by atoms with Crippen LogP contribution in [0.15, 0.2) is 48.6 Å². The molecule has 0 aliphatic carbocycles. The van der Waals surface area contributed by atoms with E-state index in [4.69, 9.17) is 14.8 Å². The number of phosphoric ester groups is 1. The first-order chi connectivity index (χ1) is 21.4. The van der Waals surface area contributed by atoms with Crippen LogP contribution in [0.3, 0.4) is 0 Å². The predicted molar refractivity (Wildman–Crippen MR) is 184 cm³/mol. The molecule has 0 aromatic heterocycles. The molecule has 0 fully saturated rings. The second-order valence-corrected chi connectivity index (χ2v) is 12.8. The van der Waals surface area contributed by atoms with Crippen LogP contribution in [0.25, 0.3) is 0 Å².